The summed E-state index contributed by atoms with van der Waals surface area (Å²) < 4.78 is 1.83. The van der Waals surface area contributed by atoms with Crippen molar-refractivity contribution >= 4 is 23.2 Å². The highest BCUT2D eigenvalue weighted by Gasteiger charge is 2.21. The van der Waals surface area contributed by atoms with Crippen LogP contribution in [-0.4, -0.2) is 32.6 Å². The molecule has 2 aromatic carbocycles. The number of aromatic nitrogens is 2. The van der Waals surface area contributed by atoms with Crippen LogP contribution in [0.15, 0.2) is 54.7 Å². The number of amides is 1. The summed E-state index contributed by atoms with van der Waals surface area (Å²) in [5.74, 6) is -0.205. The topological polar surface area (TPSA) is 81.3 Å². The highest BCUT2D eigenvalue weighted by Crippen LogP contribution is 2.24. The lowest BCUT2D eigenvalue weighted by atomic mass is 10.1. The molecule has 0 bridgehead atoms. The van der Waals surface area contributed by atoms with Gasteiger partial charge in [-0.2, -0.15) is 5.10 Å². The first-order valence-electron chi connectivity index (χ1n) is 9.17. The number of carbonyl (C=O) groups excluding carboxylic acids is 1. The first kappa shape index (κ1) is 20.5. The fourth-order valence-electron chi connectivity index (χ4n) is 3.18. The molecule has 0 fully saturated rings. The van der Waals surface area contributed by atoms with Gasteiger partial charge in [-0.05, 0) is 23.6 Å². The number of rotatable bonds is 7. The minimum atomic E-state index is -0.482. The minimum Gasteiger partial charge on any atom is -0.337 e. The molecule has 0 radical (unpaired) electrons. The van der Waals surface area contributed by atoms with Crippen molar-refractivity contribution < 1.29 is 9.72 Å². The second-order valence-electron chi connectivity index (χ2n) is 6.70. The molecule has 1 heterocycles. The zero-order valence-corrected chi connectivity index (χ0v) is 17.0. The Labute approximate surface area is 173 Å². The maximum Gasteiger partial charge on any atom is 0.269 e. The number of nitrogens with zero attached hydrogens (tertiary/aromatic N) is 4. The van der Waals surface area contributed by atoms with Crippen LogP contribution < -0.4 is 0 Å². The fraction of sp³-hybridized carbons (Fsp3) is 0.238. The van der Waals surface area contributed by atoms with Crippen molar-refractivity contribution in [1.29, 1.82) is 0 Å². The van der Waals surface area contributed by atoms with Crippen LogP contribution in [0.5, 0.6) is 0 Å². The standard InChI is InChI=1S/C21H21ClN4O3/c1-3-20-18(12-23-25(20)13-15-7-5-4-6-8-15)21(27)24(2)14-16-11-17(26(28)29)9-10-19(16)22/h4-12H,3,13-14H2,1-2H3. The highest BCUT2D eigenvalue weighted by molar-refractivity contribution is 6.31. The third-order valence-electron chi connectivity index (χ3n) is 4.68. The number of hydrogen-bond acceptors (Lipinski definition) is 4. The van der Waals surface area contributed by atoms with Crippen LogP contribution in [0.25, 0.3) is 0 Å². The van der Waals surface area contributed by atoms with Crippen LogP contribution in [0.1, 0.15) is 34.1 Å². The molecule has 8 heteroatoms. The van der Waals surface area contributed by atoms with Crippen LogP contribution in [0.4, 0.5) is 5.69 Å². The van der Waals surface area contributed by atoms with Gasteiger partial charge in [-0.15, -0.1) is 0 Å². The molecule has 150 valence electrons. The Bertz CT molecular complexity index is 1030. The molecule has 0 spiro atoms. The summed E-state index contributed by atoms with van der Waals surface area (Å²) in [6.45, 7) is 2.72. The summed E-state index contributed by atoms with van der Waals surface area (Å²) in [4.78, 5) is 25.0. The zero-order valence-electron chi connectivity index (χ0n) is 16.2. The van der Waals surface area contributed by atoms with Crippen molar-refractivity contribution in [2.24, 2.45) is 0 Å². The molecule has 0 aliphatic heterocycles. The Balaban J connectivity index is 1.81. The average Bonchev–Trinajstić information content (AvgIpc) is 3.11. The minimum absolute atomic E-state index is 0.0600. The summed E-state index contributed by atoms with van der Waals surface area (Å²) in [6, 6.07) is 14.1. The molecule has 0 unspecified atom stereocenters. The van der Waals surface area contributed by atoms with E-state index in [9.17, 15) is 14.9 Å². The zero-order chi connectivity index (χ0) is 21.0. The van der Waals surface area contributed by atoms with Gasteiger partial charge in [-0.1, -0.05) is 48.9 Å². The van der Waals surface area contributed by atoms with Gasteiger partial charge >= 0.3 is 0 Å². The molecule has 0 aliphatic rings. The van der Waals surface area contributed by atoms with Gasteiger partial charge in [0, 0.05) is 30.7 Å². The van der Waals surface area contributed by atoms with Crippen molar-refractivity contribution in [2.45, 2.75) is 26.4 Å². The van der Waals surface area contributed by atoms with E-state index in [4.69, 9.17) is 11.6 Å². The van der Waals surface area contributed by atoms with Gasteiger partial charge in [0.25, 0.3) is 11.6 Å². The summed E-state index contributed by atoms with van der Waals surface area (Å²) in [5, 5.41) is 15.8. The number of halogens is 1. The molecule has 1 amide bonds. The third kappa shape index (κ3) is 4.63. The molecule has 3 rings (SSSR count). The Morgan fingerprint density at radius 2 is 1.97 bits per heavy atom. The van der Waals surface area contributed by atoms with Crippen LogP contribution in [0.2, 0.25) is 5.02 Å². The van der Waals surface area contributed by atoms with E-state index in [1.165, 1.54) is 23.1 Å². The lowest BCUT2D eigenvalue weighted by molar-refractivity contribution is -0.384. The van der Waals surface area contributed by atoms with Gasteiger partial charge in [-0.3, -0.25) is 19.6 Å². The van der Waals surface area contributed by atoms with Gasteiger partial charge in [0.05, 0.1) is 28.9 Å². The summed E-state index contributed by atoms with van der Waals surface area (Å²) in [6.07, 6.45) is 2.23. The van der Waals surface area contributed by atoms with Crippen molar-refractivity contribution in [3.8, 4) is 0 Å². The van der Waals surface area contributed by atoms with Gasteiger partial charge in [0.1, 0.15) is 0 Å². The molecule has 0 saturated heterocycles. The molecule has 0 N–H and O–H groups in total. The predicted octanol–water partition coefficient (Wildman–Crippen LogP) is 4.33. The van der Waals surface area contributed by atoms with Crippen LogP contribution in [-0.2, 0) is 19.5 Å². The van der Waals surface area contributed by atoms with Gasteiger partial charge in [-0.25, -0.2) is 0 Å². The summed E-state index contributed by atoms with van der Waals surface area (Å²) in [7, 11) is 1.64. The Kier molecular flexibility index (Phi) is 6.29. The quantitative estimate of drug-likeness (QED) is 0.427. The molecule has 0 atom stereocenters. The lowest BCUT2D eigenvalue weighted by Gasteiger charge is -2.18. The van der Waals surface area contributed by atoms with Gasteiger partial charge in [0.2, 0.25) is 0 Å². The van der Waals surface area contributed by atoms with Crippen molar-refractivity contribution in [1.82, 2.24) is 14.7 Å². The van der Waals surface area contributed by atoms with E-state index in [2.05, 4.69) is 5.10 Å². The lowest BCUT2D eigenvalue weighted by Crippen LogP contribution is -2.27. The van der Waals surface area contributed by atoms with E-state index in [0.29, 0.717) is 29.1 Å². The first-order valence-corrected chi connectivity index (χ1v) is 9.55. The molecule has 3 aromatic rings. The average molecular weight is 413 g/mol. The smallest absolute Gasteiger partial charge is 0.269 e. The number of hydrogen-bond donors (Lipinski definition) is 0. The molecule has 1 aromatic heterocycles. The van der Waals surface area contributed by atoms with Crippen LogP contribution >= 0.6 is 11.6 Å². The normalized spacial score (nSPS) is 10.7. The molecule has 0 saturated carbocycles. The van der Waals surface area contributed by atoms with E-state index in [1.807, 2.05) is 41.9 Å². The van der Waals surface area contributed by atoms with Crippen molar-refractivity contribution in [3.05, 3.63) is 92.2 Å². The molecule has 29 heavy (non-hydrogen) atoms. The number of nitro benzene ring substituents is 1. The van der Waals surface area contributed by atoms with Gasteiger partial charge in [0.15, 0.2) is 0 Å². The Hall–Kier alpha value is -3.19. The molecule has 7 nitrogen and oxygen atoms in total. The van der Waals surface area contributed by atoms with Crippen molar-refractivity contribution in [3.63, 3.8) is 0 Å². The van der Waals surface area contributed by atoms with E-state index in [-0.39, 0.29) is 18.1 Å². The number of nitro groups is 1. The summed E-state index contributed by atoms with van der Waals surface area (Å²) in [5.41, 5.74) is 2.92. The number of carbonyl (C=O) groups is 1. The van der Waals surface area contributed by atoms with Crippen LogP contribution in [0, 0.1) is 10.1 Å². The van der Waals surface area contributed by atoms with Crippen molar-refractivity contribution in [2.75, 3.05) is 7.05 Å². The van der Waals surface area contributed by atoms with E-state index in [1.54, 1.807) is 13.2 Å². The molecular formula is C21H21ClN4O3. The van der Waals surface area contributed by atoms with E-state index in [0.717, 1.165) is 11.3 Å². The van der Waals surface area contributed by atoms with E-state index >= 15 is 0 Å². The van der Waals surface area contributed by atoms with Gasteiger partial charge < -0.3 is 4.90 Å². The largest absolute Gasteiger partial charge is 0.337 e. The van der Waals surface area contributed by atoms with Crippen LogP contribution in [0.3, 0.4) is 0 Å². The SMILES string of the molecule is CCc1c(C(=O)N(C)Cc2cc([N+](=O)[O-])ccc2Cl)cnn1Cc1ccccc1. The molecule has 0 aliphatic carbocycles. The second-order valence-corrected chi connectivity index (χ2v) is 7.10. The number of benzene rings is 2. The Morgan fingerprint density at radius 1 is 1.24 bits per heavy atom. The van der Waals surface area contributed by atoms with E-state index < -0.39 is 4.92 Å². The molecular weight excluding hydrogens is 392 g/mol. The monoisotopic (exact) mass is 412 g/mol. The number of non-ortho nitro benzene ring substituents is 1. The second kappa shape index (κ2) is 8.87. The fourth-order valence-corrected chi connectivity index (χ4v) is 3.36. The maximum absolute atomic E-state index is 13.0. The third-order valence-corrected chi connectivity index (χ3v) is 5.05. The predicted molar refractivity (Wildman–Crippen MR) is 111 cm³/mol. The Morgan fingerprint density at radius 3 is 2.62 bits per heavy atom. The highest BCUT2D eigenvalue weighted by atomic mass is 35.5. The maximum atomic E-state index is 13.0. The first-order chi connectivity index (χ1) is 13.9. The summed E-state index contributed by atoms with van der Waals surface area (Å²) >= 11 is 6.17.